The summed E-state index contributed by atoms with van der Waals surface area (Å²) in [5.41, 5.74) is 0.447. The second-order valence-electron chi connectivity index (χ2n) is 4.24. The van der Waals surface area contributed by atoms with Crippen molar-refractivity contribution in [3.8, 4) is 0 Å². The second-order valence-corrected chi connectivity index (χ2v) is 4.24. The van der Waals surface area contributed by atoms with Gasteiger partial charge in [0.25, 0.3) is 0 Å². The van der Waals surface area contributed by atoms with Gasteiger partial charge in [0.05, 0.1) is 5.56 Å². The standard InChI is InChI=1S/C13H15NO3/c15-12(9-5-7-14-8-6-9)10-3-1-2-4-11(10)13(16)17/h1-4,9,14H,5-8H2,(H,16,17). The van der Waals surface area contributed by atoms with Crippen molar-refractivity contribution in [2.24, 2.45) is 5.92 Å². The van der Waals surface area contributed by atoms with Crippen LogP contribution < -0.4 is 5.32 Å². The Morgan fingerprint density at radius 3 is 2.29 bits per heavy atom. The summed E-state index contributed by atoms with van der Waals surface area (Å²) in [4.78, 5) is 23.3. The van der Waals surface area contributed by atoms with Crippen LogP contribution in [0.25, 0.3) is 0 Å². The fraction of sp³-hybridized carbons (Fsp3) is 0.385. The van der Waals surface area contributed by atoms with E-state index in [9.17, 15) is 9.59 Å². The van der Waals surface area contributed by atoms with Gasteiger partial charge in [-0.15, -0.1) is 0 Å². The smallest absolute Gasteiger partial charge is 0.336 e. The number of nitrogens with one attached hydrogen (secondary N) is 1. The number of ketones is 1. The van der Waals surface area contributed by atoms with Crippen LogP contribution in [0.4, 0.5) is 0 Å². The van der Waals surface area contributed by atoms with Crippen LogP contribution in [0.15, 0.2) is 24.3 Å². The minimum absolute atomic E-state index is 0.0375. The largest absolute Gasteiger partial charge is 0.478 e. The molecule has 0 unspecified atom stereocenters. The number of hydrogen-bond acceptors (Lipinski definition) is 3. The van der Waals surface area contributed by atoms with E-state index >= 15 is 0 Å². The van der Waals surface area contributed by atoms with E-state index in [0.717, 1.165) is 25.9 Å². The molecule has 4 heteroatoms. The Labute approximate surface area is 99.6 Å². The van der Waals surface area contributed by atoms with Crippen LogP contribution in [-0.4, -0.2) is 29.9 Å². The molecule has 17 heavy (non-hydrogen) atoms. The molecule has 0 radical (unpaired) electrons. The van der Waals surface area contributed by atoms with Crippen molar-refractivity contribution < 1.29 is 14.7 Å². The highest BCUT2D eigenvalue weighted by Gasteiger charge is 2.25. The molecular weight excluding hydrogens is 218 g/mol. The molecule has 1 aliphatic rings. The van der Waals surface area contributed by atoms with Gasteiger partial charge in [-0.25, -0.2) is 4.79 Å². The van der Waals surface area contributed by atoms with Crippen molar-refractivity contribution in [3.05, 3.63) is 35.4 Å². The molecule has 1 saturated heterocycles. The summed E-state index contributed by atoms with van der Waals surface area (Å²) in [6.45, 7) is 1.65. The van der Waals surface area contributed by atoms with E-state index < -0.39 is 5.97 Å². The Bertz CT molecular complexity index is 436. The van der Waals surface area contributed by atoms with E-state index in [0.29, 0.717) is 5.56 Å². The van der Waals surface area contributed by atoms with Gasteiger partial charge in [-0.3, -0.25) is 4.79 Å². The molecule has 0 atom stereocenters. The number of carboxylic acid groups (broad SMARTS) is 1. The third-order valence-electron chi connectivity index (χ3n) is 3.13. The number of carbonyl (C=O) groups excluding carboxylic acids is 1. The lowest BCUT2D eigenvalue weighted by Crippen LogP contribution is -2.32. The number of Topliss-reactive ketones (excluding diaryl/α,β-unsaturated/α-hetero) is 1. The maximum absolute atomic E-state index is 12.2. The summed E-state index contributed by atoms with van der Waals surface area (Å²) in [5.74, 6) is -1.12. The van der Waals surface area contributed by atoms with Crippen LogP contribution in [0.2, 0.25) is 0 Å². The summed E-state index contributed by atoms with van der Waals surface area (Å²) in [7, 11) is 0. The third-order valence-corrected chi connectivity index (χ3v) is 3.13. The lowest BCUT2D eigenvalue weighted by atomic mass is 9.88. The predicted molar refractivity (Wildman–Crippen MR) is 63.3 cm³/mol. The number of rotatable bonds is 3. The van der Waals surface area contributed by atoms with Gasteiger partial charge >= 0.3 is 5.97 Å². The van der Waals surface area contributed by atoms with Crippen molar-refractivity contribution >= 4 is 11.8 Å². The van der Waals surface area contributed by atoms with Crippen LogP contribution in [0.3, 0.4) is 0 Å². The SMILES string of the molecule is O=C(O)c1ccccc1C(=O)C1CCNCC1. The lowest BCUT2D eigenvalue weighted by molar-refractivity contribution is 0.0689. The maximum atomic E-state index is 12.2. The van der Waals surface area contributed by atoms with Crippen LogP contribution in [0, 0.1) is 5.92 Å². The zero-order valence-electron chi connectivity index (χ0n) is 9.48. The maximum Gasteiger partial charge on any atom is 0.336 e. The van der Waals surface area contributed by atoms with Crippen molar-refractivity contribution in [2.75, 3.05) is 13.1 Å². The second kappa shape index (κ2) is 5.10. The highest BCUT2D eigenvalue weighted by molar-refractivity contribution is 6.06. The van der Waals surface area contributed by atoms with Crippen LogP contribution in [0.5, 0.6) is 0 Å². The van der Waals surface area contributed by atoms with Crippen molar-refractivity contribution in [3.63, 3.8) is 0 Å². The predicted octanol–water partition coefficient (Wildman–Crippen LogP) is 1.57. The Kier molecular flexibility index (Phi) is 3.54. The molecule has 1 aromatic carbocycles. The lowest BCUT2D eigenvalue weighted by Gasteiger charge is -2.21. The average Bonchev–Trinajstić information content (AvgIpc) is 2.39. The molecule has 0 aromatic heterocycles. The van der Waals surface area contributed by atoms with Gasteiger partial charge in [0, 0.05) is 11.5 Å². The van der Waals surface area contributed by atoms with Crippen LogP contribution >= 0.6 is 0 Å². The number of piperidine rings is 1. The van der Waals surface area contributed by atoms with E-state index in [1.54, 1.807) is 18.2 Å². The van der Waals surface area contributed by atoms with Crippen molar-refractivity contribution in [2.45, 2.75) is 12.8 Å². The number of carbonyl (C=O) groups is 2. The van der Waals surface area contributed by atoms with Crippen molar-refractivity contribution in [1.82, 2.24) is 5.32 Å². The summed E-state index contributed by atoms with van der Waals surface area (Å²) in [6, 6.07) is 6.44. The summed E-state index contributed by atoms with van der Waals surface area (Å²) < 4.78 is 0. The van der Waals surface area contributed by atoms with Gasteiger partial charge < -0.3 is 10.4 Å². The van der Waals surface area contributed by atoms with Gasteiger partial charge in [0.15, 0.2) is 5.78 Å². The minimum atomic E-state index is -1.04. The zero-order valence-corrected chi connectivity index (χ0v) is 9.48. The molecule has 1 heterocycles. The molecule has 0 saturated carbocycles. The molecule has 1 aliphatic heterocycles. The van der Waals surface area contributed by atoms with Gasteiger partial charge in [0.2, 0.25) is 0 Å². The molecule has 90 valence electrons. The fourth-order valence-corrected chi connectivity index (χ4v) is 2.19. The Morgan fingerprint density at radius 2 is 1.71 bits per heavy atom. The van der Waals surface area contributed by atoms with E-state index in [-0.39, 0.29) is 17.3 Å². The first-order valence-corrected chi connectivity index (χ1v) is 5.77. The molecular formula is C13H15NO3. The quantitative estimate of drug-likeness (QED) is 0.778. The van der Waals surface area contributed by atoms with Crippen LogP contribution in [0.1, 0.15) is 33.6 Å². The minimum Gasteiger partial charge on any atom is -0.478 e. The topological polar surface area (TPSA) is 66.4 Å². The number of benzene rings is 1. The molecule has 0 aliphatic carbocycles. The van der Waals surface area contributed by atoms with E-state index in [2.05, 4.69) is 5.32 Å². The zero-order chi connectivity index (χ0) is 12.3. The van der Waals surface area contributed by atoms with Gasteiger partial charge in [-0.2, -0.15) is 0 Å². The van der Waals surface area contributed by atoms with Gasteiger partial charge in [0.1, 0.15) is 0 Å². The van der Waals surface area contributed by atoms with Crippen LogP contribution in [-0.2, 0) is 0 Å². The van der Waals surface area contributed by atoms with Gasteiger partial charge in [-0.1, -0.05) is 18.2 Å². The molecule has 0 amide bonds. The summed E-state index contributed by atoms with van der Waals surface area (Å²) >= 11 is 0. The number of aromatic carboxylic acids is 1. The first-order valence-electron chi connectivity index (χ1n) is 5.77. The van der Waals surface area contributed by atoms with Crippen molar-refractivity contribution in [1.29, 1.82) is 0 Å². The molecule has 1 fully saturated rings. The van der Waals surface area contributed by atoms with E-state index in [1.807, 2.05) is 0 Å². The molecule has 2 N–H and O–H groups in total. The Balaban J connectivity index is 2.26. The Hall–Kier alpha value is -1.68. The molecule has 0 bridgehead atoms. The van der Waals surface area contributed by atoms with E-state index in [1.165, 1.54) is 6.07 Å². The number of carboxylic acids is 1. The normalized spacial score (nSPS) is 16.7. The molecule has 2 rings (SSSR count). The first-order chi connectivity index (χ1) is 8.20. The van der Waals surface area contributed by atoms with E-state index in [4.69, 9.17) is 5.11 Å². The highest BCUT2D eigenvalue weighted by Crippen LogP contribution is 2.20. The molecule has 4 nitrogen and oxygen atoms in total. The third kappa shape index (κ3) is 2.53. The van der Waals surface area contributed by atoms with Gasteiger partial charge in [-0.05, 0) is 32.0 Å². The summed E-state index contributed by atoms with van der Waals surface area (Å²) in [5, 5.41) is 12.2. The Morgan fingerprint density at radius 1 is 1.12 bits per heavy atom. The molecule has 0 spiro atoms. The highest BCUT2D eigenvalue weighted by atomic mass is 16.4. The average molecular weight is 233 g/mol. The molecule has 1 aromatic rings. The summed E-state index contributed by atoms with van der Waals surface area (Å²) in [6.07, 6.45) is 1.57. The first kappa shape index (κ1) is 11.8. The number of hydrogen-bond donors (Lipinski definition) is 2. The monoisotopic (exact) mass is 233 g/mol. The fourth-order valence-electron chi connectivity index (χ4n) is 2.19.